The fourth-order valence-corrected chi connectivity index (χ4v) is 3.04. The minimum atomic E-state index is -0.338. The van der Waals surface area contributed by atoms with Crippen LogP contribution < -0.4 is 0 Å². The molecular weight excluding hydrogens is 291 g/mol. The van der Waals surface area contributed by atoms with Gasteiger partial charge in [0.2, 0.25) is 0 Å². The van der Waals surface area contributed by atoms with E-state index < -0.39 is 0 Å². The van der Waals surface area contributed by atoms with Crippen molar-refractivity contribution in [1.29, 1.82) is 0 Å². The second-order valence-corrected chi connectivity index (χ2v) is 6.06. The van der Waals surface area contributed by atoms with Crippen LogP contribution in [0.3, 0.4) is 0 Å². The number of H-pyrrole nitrogens is 1. The molecule has 2 heterocycles. The SMILES string of the molecule is Cc1nc([C@@H]2CN(Cc3ccc(Cl)cc3)C[C@H]2CF)n[nH]1. The number of hydrogen-bond donors (Lipinski definition) is 1. The summed E-state index contributed by atoms with van der Waals surface area (Å²) in [5.74, 6) is 1.53. The second-order valence-electron chi connectivity index (χ2n) is 5.62. The molecule has 4 nitrogen and oxygen atoms in total. The minimum Gasteiger partial charge on any atom is -0.298 e. The number of nitrogens with one attached hydrogen (secondary N) is 1. The molecular formula is C15H18ClFN4. The van der Waals surface area contributed by atoms with Crippen molar-refractivity contribution >= 4 is 11.6 Å². The van der Waals surface area contributed by atoms with E-state index in [4.69, 9.17) is 11.6 Å². The number of aromatic amines is 1. The summed E-state index contributed by atoms with van der Waals surface area (Å²) in [6.45, 7) is 3.84. The third kappa shape index (κ3) is 3.24. The first-order valence-electron chi connectivity index (χ1n) is 7.07. The van der Waals surface area contributed by atoms with Crippen molar-refractivity contribution in [3.05, 3.63) is 46.5 Å². The van der Waals surface area contributed by atoms with E-state index in [1.54, 1.807) is 0 Å². The Hall–Kier alpha value is -1.46. The van der Waals surface area contributed by atoms with Crippen LogP contribution in [0.1, 0.15) is 23.1 Å². The van der Waals surface area contributed by atoms with E-state index in [1.807, 2.05) is 31.2 Å². The molecule has 3 rings (SSSR count). The van der Waals surface area contributed by atoms with Gasteiger partial charge in [-0.2, -0.15) is 5.10 Å². The lowest BCUT2D eigenvalue weighted by atomic mass is 9.97. The number of aromatic nitrogens is 3. The number of rotatable bonds is 4. The molecule has 0 saturated carbocycles. The predicted molar refractivity (Wildman–Crippen MR) is 80.1 cm³/mol. The van der Waals surface area contributed by atoms with Crippen LogP contribution in [0.15, 0.2) is 24.3 Å². The molecule has 0 unspecified atom stereocenters. The highest BCUT2D eigenvalue weighted by atomic mass is 35.5. The first-order chi connectivity index (χ1) is 10.2. The van der Waals surface area contributed by atoms with Gasteiger partial charge in [0.1, 0.15) is 5.82 Å². The molecule has 0 spiro atoms. The predicted octanol–water partition coefficient (Wildman–Crippen LogP) is 2.95. The maximum absolute atomic E-state index is 13.3. The maximum Gasteiger partial charge on any atom is 0.155 e. The van der Waals surface area contributed by atoms with Crippen molar-refractivity contribution in [1.82, 2.24) is 20.1 Å². The van der Waals surface area contributed by atoms with Gasteiger partial charge in [-0.25, -0.2) is 4.98 Å². The smallest absolute Gasteiger partial charge is 0.155 e. The molecule has 2 atom stereocenters. The molecule has 1 aliphatic rings. The molecule has 112 valence electrons. The molecule has 1 aromatic carbocycles. The number of benzene rings is 1. The van der Waals surface area contributed by atoms with Gasteiger partial charge in [-0.15, -0.1) is 0 Å². The van der Waals surface area contributed by atoms with Crippen LogP contribution in [0.5, 0.6) is 0 Å². The van der Waals surface area contributed by atoms with Crippen molar-refractivity contribution in [2.75, 3.05) is 19.8 Å². The summed E-state index contributed by atoms with van der Waals surface area (Å²) in [7, 11) is 0. The van der Waals surface area contributed by atoms with Gasteiger partial charge in [0, 0.05) is 36.5 Å². The van der Waals surface area contributed by atoms with E-state index in [0.717, 1.165) is 36.3 Å². The van der Waals surface area contributed by atoms with E-state index in [9.17, 15) is 4.39 Å². The van der Waals surface area contributed by atoms with Gasteiger partial charge < -0.3 is 0 Å². The molecule has 6 heteroatoms. The van der Waals surface area contributed by atoms with Crippen LogP contribution >= 0.6 is 11.6 Å². The highest BCUT2D eigenvalue weighted by Crippen LogP contribution is 2.32. The lowest BCUT2D eigenvalue weighted by Crippen LogP contribution is -2.20. The van der Waals surface area contributed by atoms with Gasteiger partial charge in [0.15, 0.2) is 5.82 Å². The second kappa shape index (κ2) is 6.12. The van der Waals surface area contributed by atoms with Crippen molar-refractivity contribution in [3.63, 3.8) is 0 Å². The third-order valence-corrected chi connectivity index (χ3v) is 4.23. The van der Waals surface area contributed by atoms with Crippen molar-refractivity contribution in [2.24, 2.45) is 5.92 Å². The van der Waals surface area contributed by atoms with E-state index in [0.29, 0.717) is 0 Å². The quantitative estimate of drug-likeness (QED) is 0.944. The summed E-state index contributed by atoms with van der Waals surface area (Å²) >= 11 is 5.90. The summed E-state index contributed by atoms with van der Waals surface area (Å²) in [4.78, 5) is 6.62. The zero-order valence-corrected chi connectivity index (χ0v) is 12.6. The van der Waals surface area contributed by atoms with Crippen LogP contribution in [0.2, 0.25) is 5.02 Å². The maximum atomic E-state index is 13.3. The van der Waals surface area contributed by atoms with Gasteiger partial charge in [-0.05, 0) is 24.6 Å². The number of nitrogens with zero attached hydrogens (tertiary/aromatic N) is 3. The highest BCUT2D eigenvalue weighted by molar-refractivity contribution is 6.30. The topological polar surface area (TPSA) is 44.8 Å². The van der Waals surface area contributed by atoms with Crippen LogP contribution in [0.4, 0.5) is 4.39 Å². The Balaban J connectivity index is 1.70. The summed E-state index contributed by atoms with van der Waals surface area (Å²) in [6, 6.07) is 7.79. The molecule has 0 aliphatic carbocycles. The van der Waals surface area contributed by atoms with E-state index in [2.05, 4.69) is 20.1 Å². The third-order valence-electron chi connectivity index (χ3n) is 3.98. The van der Waals surface area contributed by atoms with Gasteiger partial charge in [-0.3, -0.25) is 14.4 Å². The van der Waals surface area contributed by atoms with Gasteiger partial charge in [0.25, 0.3) is 0 Å². The van der Waals surface area contributed by atoms with Crippen molar-refractivity contribution < 1.29 is 4.39 Å². The van der Waals surface area contributed by atoms with Crippen molar-refractivity contribution in [3.8, 4) is 0 Å². The molecule has 1 N–H and O–H groups in total. The van der Waals surface area contributed by atoms with Gasteiger partial charge in [-0.1, -0.05) is 23.7 Å². The molecule has 0 amide bonds. The first-order valence-corrected chi connectivity index (χ1v) is 7.45. The monoisotopic (exact) mass is 308 g/mol. The molecule has 21 heavy (non-hydrogen) atoms. The van der Waals surface area contributed by atoms with Crippen LogP contribution in [-0.4, -0.2) is 39.8 Å². The summed E-state index contributed by atoms with van der Waals surface area (Å²) < 4.78 is 13.3. The number of alkyl halides is 1. The first kappa shape index (κ1) is 14.5. The van der Waals surface area contributed by atoms with Crippen LogP contribution in [0.25, 0.3) is 0 Å². The average Bonchev–Trinajstić information content (AvgIpc) is 3.07. The molecule has 2 aromatic rings. The lowest BCUT2D eigenvalue weighted by molar-refractivity contribution is 0.296. The normalized spacial score (nSPS) is 22.8. The largest absolute Gasteiger partial charge is 0.298 e. The molecule has 1 aromatic heterocycles. The van der Waals surface area contributed by atoms with E-state index in [-0.39, 0.29) is 18.5 Å². The molecule has 0 radical (unpaired) electrons. The number of aryl methyl sites for hydroxylation is 1. The van der Waals surface area contributed by atoms with Gasteiger partial charge in [0.05, 0.1) is 6.67 Å². The molecule has 1 aliphatic heterocycles. The standard InChI is InChI=1S/C15H18ClFN4/c1-10-18-15(20-19-10)14-9-21(8-12(14)6-17)7-11-2-4-13(16)5-3-11/h2-5,12,14H,6-9H2,1H3,(H,18,19,20)/t12-,14-/m1/s1. The van der Waals surface area contributed by atoms with Crippen molar-refractivity contribution in [2.45, 2.75) is 19.4 Å². The Morgan fingerprint density at radius 1 is 1.33 bits per heavy atom. The van der Waals surface area contributed by atoms with Crippen LogP contribution in [0, 0.1) is 12.8 Å². The Bertz CT molecular complexity index is 598. The molecule has 0 bridgehead atoms. The summed E-state index contributed by atoms with van der Waals surface area (Å²) in [6.07, 6.45) is 0. The number of likely N-dealkylation sites (tertiary alicyclic amines) is 1. The number of halogens is 2. The Kier molecular flexibility index (Phi) is 4.22. The number of hydrogen-bond acceptors (Lipinski definition) is 3. The fraction of sp³-hybridized carbons (Fsp3) is 0.467. The summed E-state index contributed by atoms with van der Waals surface area (Å²) in [5, 5.41) is 7.78. The minimum absolute atomic E-state index is 0.0347. The van der Waals surface area contributed by atoms with E-state index >= 15 is 0 Å². The zero-order chi connectivity index (χ0) is 14.8. The molecule has 1 saturated heterocycles. The fourth-order valence-electron chi connectivity index (χ4n) is 2.91. The Morgan fingerprint density at radius 3 is 2.71 bits per heavy atom. The van der Waals surface area contributed by atoms with E-state index in [1.165, 1.54) is 5.56 Å². The zero-order valence-electron chi connectivity index (χ0n) is 11.9. The highest BCUT2D eigenvalue weighted by Gasteiger charge is 2.36. The molecule has 1 fully saturated rings. The Morgan fingerprint density at radius 2 is 2.10 bits per heavy atom. The Labute approximate surface area is 128 Å². The summed E-state index contributed by atoms with van der Waals surface area (Å²) in [5.41, 5.74) is 1.18. The van der Waals surface area contributed by atoms with Gasteiger partial charge >= 0.3 is 0 Å². The van der Waals surface area contributed by atoms with Crippen LogP contribution in [-0.2, 0) is 6.54 Å². The average molecular weight is 309 g/mol. The lowest BCUT2D eigenvalue weighted by Gasteiger charge is -2.15.